The summed E-state index contributed by atoms with van der Waals surface area (Å²) < 4.78 is 0. The van der Waals surface area contributed by atoms with Crippen molar-refractivity contribution in [2.75, 3.05) is 18.8 Å². The average molecular weight is 156 g/mol. The maximum Gasteiger partial charge on any atom is 0.0245 e. The lowest BCUT2D eigenvalue weighted by Gasteiger charge is -2.32. The number of allylic oxidation sites excluding steroid dienone is 2. The van der Waals surface area contributed by atoms with E-state index in [0.717, 1.165) is 11.7 Å². The van der Waals surface area contributed by atoms with Crippen molar-refractivity contribution < 1.29 is 0 Å². The minimum absolute atomic E-state index is 0.399. The normalized spacial score (nSPS) is 21.5. The Morgan fingerprint density at radius 3 is 1.90 bits per heavy atom. The van der Waals surface area contributed by atoms with Gasteiger partial charge >= 0.3 is 0 Å². The minimum Gasteiger partial charge on any atom is -0.240 e. The van der Waals surface area contributed by atoms with Gasteiger partial charge in [0.05, 0.1) is 0 Å². The standard InChI is InChI=1S/C9H16S/c1-10(2,3)9-7-5-4-6-8-9/h5-9H,4H2,1-3H3. The number of hydrogen-bond acceptors (Lipinski definition) is 0. The molecule has 0 radical (unpaired) electrons. The summed E-state index contributed by atoms with van der Waals surface area (Å²) in [6.45, 7) is 0. The second-order valence-corrected chi connectivity index (χ2v) is 7.90. The van der Waals surface area contributed by atoms with Crippen LogP contribution in [0.2, 0.25) is 0 Å². The molecular weight excluding hydrogens is 140 g/mol. The molecule has 0 unspecified atom stereocenters. The highest BCUT2D eigenvalue weighted by Crippen LogP contribution is 2.43. The van der Waals surface area contributed by atoms with E-state index in [4.69, 9.17) is 0 Å². The first kappa shape index (κ1) is 7.93. The molecule has 0 amide bonds. The first-order valence-electron chi connectivity index (χ1n) is 3.61. The third kappa shape index (κ3) is 1.91. The van der Waals surface area contributed by atoms with Gasteiger partial charge in [-0.05, 0) is 25.2 Å². The summed E-state index contributed by atoms with van der Waals surface area (Å²) in [4.78, 5) is 0. The highest BCUT2D eigenvalue weighted by molar-refractivity contribution is 8.32. The molecule has 1 aliphatic carbocycles. The van der Waals surface area contributed by atoms with Gasteiger partial charge in [0.2, 0.25) is 0 Å². The Hall–Kier alpha value is -0.170. The van der Waals surface area contributed by atoms with Crippen LogP contribution in [0.4, 0.5) is 0 Å². The third-order valence-corrected chi connectivity index (χ3v) is 3.69. The smallest absolute Gasteiger partial charge is 0.0245 e. The van der Waals surface area contributed by atoms with Crippen LogP contribution >= 0.6 is 10.0 Å². The summed E-state index contributed by atoms with van der Waals surface area (Å²) in [5, 5.41) is 0.723. The molecule has 1 rings (SSSR count). The van der Waals surface area contributed by atoms with Crippen molar-refractivity contribution in [1.29, 1.82) is 0 Å². The van der Waals surface area contributed by atoms with E-state index in [-0.39, 0.29) is 0 Å². The zero-order valence-electron chi connectivity index (χ0n) is 7.00. The SMILES string of the molecule is CS(C)(C)C1C=CCC=C1. The topological polar surface area (TPSA) is 0 Å². The quantitative estimate of drug-likeness (QED) is 0.512. The predicted molar refractivity (Wildman–Crippen MR) is 52.0 cm³/mol. The summed E-state index contributed by atoms with van der Waals surface area (Å²) in [6, 6.07) is 0. The Morgan fingerprint density at radius 2 is 1.60 bits per heavy atom. The molecule has 0 fully saturated rings. The van der Waals surface area contributed by atoms with Crippen molar-refractivity contribution in [3.8, 4) is 0 Å². The van der Waals surface area contributed by atoms with Crippen molar-refractivity contribution in [2.24, 2.45) is 0 Å². The Morgan fingerprint density at radius 1 is 1.10 bits per heavy atom. The predicted octanol–water partition coefficient (Wildman–Crippen LogP) is 2.57. The fraction of sp³-hybridized carbons (Fsp3) is 0.556. The molecule has 0 bridgehead atoms. The lowest BCUT2D eigenvalue weighted by Crippen LogP contribution is -2.11. The molecule has 0 spiro atoms. The summed E-state index contributed by atoms with van der Waals surface area (Å²) in [6.07, 6.45) is 17.4. The molecule has 0 aliphatic heterocycles. The summed E-state index contributed by atoms with van der Waals surface area (Å²) in [5.74, 6) is 0. The van der Waals surface area contributed by atoms with Gasteiger partial charge in [0.15, 0.2) is 0 Å². The summed E-state index contributed by atoms with van der Waals surface area (Å²) in [7, 11) is -0.399. The van der Waals surface area contributed by atoms with E-state index in [1.165, 1.54) is 0 Å². The Bertz CT molecular complexity index is 148. The van der Waals surface area contributed by atoms with Crippen molar-refractivity contribution in [3.05, 3.63) is 24.3 Å². The van der Waals surface area contributed by atoms with Crippen molar-refractivity contribution in [1.82, 2.24) is 0 Å². The van der Waals surface area contributed by atoms with Crippen LogP contribution in [-0.2, 0) is 0 Å². The maximum absolute atomic E-state index is 2.36. The Kier molecular flexibility index (Phi) is 2.24. The zero-order chi connectivity index (χ0) is 7.61. The first-order chi connectivity index (χ1) is 4.61. The van der Waals surface area contributed by atoms with E-state index in [0.29, 0.717) is 0 Å². The molecule has 0 aromatic carbocycles. The fourth-order valence-corrected chi connectivity index (χ4v) is 2.20. The first-order valence-corrected chi connectivity index (χ1v) is 6.53. The minimum atomic E-state index is -0.399. The molecule has 0 N–H and O–H groups in total. The van der Waals surface area contributed by atoms with Gasteiger partial charge < -0.3 is 0 Å². The molecule has 0 saturated heterocycles. The monoisotopic (exact) mass is 156 g/mol. The molecule has 0 aromatic heterocycles. The molecule has 0 atom stereocenters. The largest absolute Gasteiger partial charge is 0.240 e. The molecule has 0 nitrogen and oxygen atoms in total. The van der Waals surface area contributed by atoms with Crippen LogP contribution in [0.5, 0.6) is 0 Å². The summed E-state index contributed by atoms with van der Waals surface area (Å²) >= 11 is 0. The lowest BCUT2D eigenvalue weighted by atomic mass is 10.2. The molecule has 0 heterocycles. The van der Waals surface area contributed by atoms with Crippen LogP contribution in [0, 0.1) is 0 Å². The molecular formula is C9H16S. The van der Waals surface area contributed by atoms with Crippen molar-refractivity contribution in [2.45, 2.75) is 11.7 Å². The van der Waals surface area contributed by atoms with Gasteiger partial charge in [0, 0.05) is 5.25 Å². The molecule has 1 aliphatic rings. The molecule has 1 heteroatoms. The van der Waals surface area contributed by atoms with E-state index in [9.17, 15) is 0 Å². The molecule has 10 heavy (non-hydrogen) atoms. The van der Waals surface area contributed by atoms with Gasteiger partial charge in [-0.2, -0.15) is 0 Å². The molecule has 0 aromatic rings. The van der Waals surface area contributed by atoms with Crippen LogP contribution < -0.4 is 0 Å². The van der Waals surface area contributed by atoms with E-state index in [2.05, 4.69) is 43.1 Å². The fourth-order valence-electron chi connectivity index (χ4n) is 1.04. The average Bonchev–Trinajstić information content (AvgIpc) is 1.88. The second kappa shape index (κ2) is 2.83. The van der Waals surface area contributed by atoms with Crippen LogP contribution in [0.25, 0.3) is 0 Å². The van der Waals surface area contributed by atoms with Gasteiger partial charge in [0.25, 0.3) is 0 Å². The van der Waals surface area contributed by atoms with Gasteiger partial charge in [-0.1, -0.05) is 24.3 Å². The second-order valence-electron chi connectivity index (χ2n) is 3.49. The number of hydrogen-bond donors (Lipinski definition) is 0. The highest BCUT2D eigenvalue weighted by Gasteiger charge is 2.14. The van der Waals surface area contributed by atoms with Crippen molar-refractivity contribution in [3.63, 3.8) is 0 Å². The lowest BCUT2D eigenvalue weighted by molar-refractivity contribution is 1.23. The zero-order valence-corrected chi connectivity index (χ0v) is 7.82. The maximum atomic E-state index is 2.36. The van der Waals surface area contributed by atoms with Crippen LogP contribution in [-0.4, -0.2) is 24.0 Å². The van der Waals surface area contributed by atoms with E-state index < -0.39 is 10.0 Å². The van der Waals surface area contributed by atoms with Gasteiger partial charge in [-0.15, -0.1) is 0 Å². The Labute approximate surface area is 65.3 Å². The molecule has 0 saturated carbocycles. The van der Waals surface area contributed by atoms with Crippen LogP contribution in [0.3, 0.4) is 0 Å². The number of rotatable bonds is 1. The Balaban J connectivity index is 2.64. The van der Waals surface area contributed by atoms with E-state index in [1.54, 1.807) is 0 Å². The molecule has 58 valence electrons. The van der Waals surface area contributed by atoms with Crippen LogP contribution in [0.1, 0.15) is 6.42 Å². The van der Waals surface area contributed by atoms with Gasteiger partial charge in [0.1, 0.15) is 0 Å². The van der Waals surface area contributed by atoms with Gasteiger partial charge in [-0.25, -0.2) is 10.0 Å². The third-order valence-electron chi connectivity index (χ3n) is 1.74. The van der Waals surface area contributed by atoms with Crippen molar-refractivity contribution >= 4 is 10.0 Å². The summed E-state index contributed by atoms with van der Waals surface area (Å²) in [5.41, 5.74) is 0. The van der Waals surface area contributed by atoms with E-state index in [1.807, 2.05) is 0 Å². The van der Waals surface area contributed by atoms with Gasteiger partial charge in [-0.3, -0.25) is 0 Å². The van der Waals surface area contributed by atoms with E-state index >= 15 is 0 Å². The highest BCUT2D eigenvalue weighted by atomic mass is 32.3. The van der Waals surface area contributed by atoms with Crippen LogP contribution in [0.15, 0.2) is 24.3 Å².